The molecule has 0 radical (unpaired) electrons. The maximum Gasteiger partial charge on any atom is 0.0300 e. The number of aliphatic imine (C=N–C) groups is 1. The van der Waals surface area contributed by atoms with Crippen LogP contribution in [0, 0.1) is 0 Å². The molecule has 0 N–H and O–H groups in total. The fourth-order valence-electron chi connectivity index (χ4n) is 0.180. The summed E-state index contributed by atoms with van der Waals surface area (Å²) >= 11 is 0. The molecule has 0 aliphatic carbocycles. The standard InChI is InChI=1S/C6H9N.C4H10/c1-4-5-7-6(2)3;1-3-4-2/h4-5H,1-2H2,3H3;3-4H2,1-2H3. The number of hydrogen-bond donors (Lipinski definition) is 0. The Morgan fingerprint density at radius 3 is 1.91 bits per heavy atom. The van der Waals surface area contributed by atoms with Gasteiger partial charge in [0.25, 0.3) is 0 Å². The zero-order valence-electron chi connectivity index (χ0n) is 7.93. The molecule has 0 aliphatic rings. The molecule has 0 amide bonds. The van der Waals surface area contributed by atoms with E-state index in [0.29, 0.717) is 0 Å². The first-order valence-electron chi connectivity index (χ1n) is 3.99. The molecule has 1 nitrogen and oxygen atoms in total. The van der Waals surface area contributed by atoms with Gasteiger partial charge in [-0.1, -0.05) is 45.9 Å². The van der Waals surface area contributed by atoms with E-state index in [4.69, 9.17) is 0 Å². The third kappa shape index (κ3) is 27.2. The summed E-state index contributed by atoms with van der Waals surface area (Å²) in [6.07, 6.45) is 5.87. The fraction of sp³-hybridized carbons (Fsp3) is 0.500. The quantitative estimate of drug-likeness (QED) is 0.549. The SMILES string of the molecule is C=CC=NC(=C)C.CCCC. The first-order chi connectivity index (χ1) is 5.18. The van der Waals surface area contributed by atoms with E-state index in [-0.39, 0.29) is 0 Å². The molecule has 0 rings (SSSR count). The van der Waals surface area contributed by atoms with Gasteiger partial charge >= 0.3 is 0 Å². The Bertz CT molecular complexity index is 121. The molecule has 0 aliphatic heterocycles. The fourth-order valence-corrected chi connectivity index (χ4v) is 0.180. The molecule has 0 spiro atoms. The van der Waals surface area contributed by atoms with Gasteiger partial charge in [0.05, 0.1) is 0 Å². The summed E-state index contributed by atoms with van der Waals surface area (Å²) in [6.45, 7) is 13.2. The van der Waals surface area contributed by atoms with Crippen LogP contribution in [0.1, 0.15) is 33.6 Å². The maximum absolute atomic E-state index is 3.81. The van der Waals surface area contributed by atoms with Crippen molar-refractivity contribution >= 4 is 6.21 Å². The number of nitrogens with zero attached hydrogens (tertiary/aromatic N) is 1. The number of allylic oxidation sites excluding steroid dienone is 2. The van der Waals surface area contributed by atoms with Gasteiger partial charge in [-0.3, -0.25) is 4.99 Å². The lowest BCUT2D eigenvalue weighted by Crippen LogP contribution is -1.62. The first kappa shape index (κ1) is 12.8. The lowest BCUT2D eigenvalue weighted by Gasteiger charge is -1.78. The van der Waals surface area contributed by atoms with Crippen LogP contribution in [-0.2, 0) is 0 Å². The lowest BCUT2D eigenvalue weighted by molar-refractivity contribution is 0.886. The van der Waals surface area contributed by atoms with Crippen molar-refractivity contribution < 1.29 is 0 Å². The second-order valence-electron chi connectivity index (χ2n) is 2.25. The van der Waals surface area contributed by atoms with Crippen LogP contribution in [0.2, 0.25) is 0 Å². The van der Waals surface area contributed by atoms with Gasteiger partial charge in [-0.15, -0.1) is 0 Å². The number of hydrogen-bond acceptors (Lipinski definition) is 1. The van der Waals surface area contributed by atoms with E-state index in [0.717, 1.165) is 5.70 Å². The molecule has 0 aromatic heterocycles. The van der Waals surface area contributed by atoms with E-state index in [1.807, 2.05) is 6.92 Å². The summed E-state index contributed by atoms with van der Waals surface area (Å²) < 4.78 is 0. The van der Waals surface area contributed by atoms with Gasteiger partial charge in [-0.2, -0.15) is 0 Å². The summed E-state index contributed by atoms with van der Waals surface area (Å²) in [4.78, 5) is 3.81. The van der Waals surface area contributed by atoms with E-state index in [2.05, 4.69) is 32.0 Å². The highest BCUT2D eigenvalue weighted by Gasteiger charge is 1.65. The minimum absolute atomic E-state index is 0.805. The molecule has 0 aromatic carbocycles. The van der Waals surface area contributed by atoms with E-state index >= 15 is 0 Å². The van der Waals surface area contributed by atoms with Crippen LogP contribution in [-0.4, -0.2) is 6.21 Å². The van der Waals surface area contributed by atoms with E-state index < -0.39 is 0 Å². The van der Waals surface area contributed by atoms with Crippen LogP contribution < -0.4 is 0 Å². The molecular weight excluding hydrogens is 134 g/mol. The predicted octanol–water partition coefficient (Wildman–Crippen LogP) is 3.58. The van der Waals surface area contributed by atoms with Crippen LogP contribution >= 0.6 is 0 Å². The third-order valence-electron chi connectivity index (χ3n) is 0.900. The molecule has 0 saturated carbocycles. The van der Waals surface area contributed by atoms with E-state index in [1.165, 1.54) is 12.8 Å². The van der Waals surface area contributed by atoms with Crippen LogP contribution in [0.15, 0.2) is 29.9 Å². The topological polar surface area (TPSA) is 12.4 Å². The summed E-state index contributed by atoms with van der Waals surface area (Å²) in [7, 11) is 0. The molecule has 0 unspecified atom stereocenters. The Balaban J connectivity index is 0. The Labute approximate surface area is 70.5 Å². The normalized spacial score (nSPS) is 8.64. The summed E-state index contributed by atoms with van der Waals surface area (Å²) in [6, 6.07) is 0. The van der Waals surface area contributed by atoms with Crippen molar-refractivity contribution in [1.82, 2.24) is 0 Å². The van der Waals surface area contributed by atoms with Crippen LogP contribution in [0.5, 0.6) is 0 Å². The molecule has 1 heteroatoms. The summed E-state index contributed by atoms with van der Waals surface area (Å²) in [5.74, 6) is 0. The van der Waals surface area contributed by atoms with Gasteiger partial charge < -0.3 is 0 Å². The zero-order valence-corrected chi connectivity index (χ0v) is 7.93. The van der Waals surface area contributed by atoms with E-state index in [1.54, 1.807) is 12.3 Å². The van der Waals surface area contributed by atoms with Crippen molar-refractivity contribution in [2.75, 3.05) is 0 Å². The highest BCUT2D eigenvalue weighted by molar-refractivity contribution is 5.70. The molecular formula is C10H19N. The minimum atomic E-state index is 0.805. The number of unbranched alkanes of at least 4 members (excludes halogenated alkanes) is 1. The maximum atomic E-state index is 3.81. The average molecular weight is 153 g/mol. The second-order valence-corrected chi connectivity index (χ2v) is 2.25. The average Bonchev–Trinajstić information content (AvgIpc) is 2.01. The Hall–Kier alpha value is -0.850. The van der Waals surface area contributed by atoms with Gasteiger partial charge in [-0.05, 0) is 6.92 Å². The molecule has 0 heterocycles. The van der Waals surface area contributed by atoms with Crippen molar-refractivity contribution in [3.8, 4) is 0 Å². The third-order valence-corrected chi connectivity index (χ3v) is 0.900. The summed E-state index contributed by atoms with van der Waals surface area (Å²) in [5.41, 5.74) is 0.805. The van der Waals surface area contributed by atoms with Crippen LogP contribution in [0.4, 0.5) is 0 Å². The molecule has 64 valence electrons. The van der Waals surface area contributed by atoms with Crippen molar-refractivity contribution in [2.45, 2.75) is 33.6 Å². The van der Waals surface area contributed by atoms with Crippen LogP contribution in [0.25, 0.3) is 0 Å². The second kappa shape index (κ2) is 11.9. The highest BCUT2D eigenvalue weighted by Crippen LogP contribution is 1.83. The van der Waals surface area contributed by atoms with Gasteiger partial charge in [0.15, 0.2) is 0 Å². The molecule has 0 saturated heterocycles. The highest BCUT2D eigenvalue weighted by atomic mass is 14.7. The zero-order chi connectivity index (χ0) is 9.11. The first-order valence-corrected chi connectivity index (χ1v) is 3.99. The number of rotatable bonds is 3. The Morgan fingerprint density at radius 1 is 1.36 bits per heavy atom. The largest absolute Gasteiger partial charge is 0.262 e. The monoisotopic (exact) mass is 153 g/mol. The molecule has 0 fully saturated rings. The molecule has 0 aromatic rings. The molecule has 11 heavy (non-hydrogen) atoms. The van der Waals surface area contributed by atoms with Crippen molar-refractivity contribution in [1.29, 1.82) is 0 Å². The van der Waals surface area contributed by atoms with Crippen LogP contribution in [0.3, 0.4) is 0 Å². The van der Waals surface area contributed by atoms with Crippen molar-refractivity contribution in [2.24, 2.45) is 4.99 Å². The van der Waals surface area contributed by atoms with Crippen molar-refractivity contribution in [3.05, 3.63) is 24.9 Å². The van der Waals surface area contributed by atoms with Gasteiger partial charge in [0, 0.05) is 11.9 Å². The smallest absolute Gasteiger partial charge is 0.0300 e. The van der Waals surface area contributed by atoms with E-state index in [9.17, 15) is 0 Å². The van der Waals surface area contributed by atoms with Gasteiger partial charge in [0.2, 0.25) is 0 Å². The van der Waals surface area contributed by atoms with Gasteiger partial charge in [-0.25, -0.2) is 0 Å². The minimum Gasteiger partial charge on any atom is -0.262 e. The Morgan fingerprint density at radius 2 is 1.82 bits per heavy atom. The Kier molecular flexibility index (Phi) is 13.8. The van der Waals surface area contributed by atoms with Crippen molar-refractivity contribution in [3.63, 3.8) is 0 Å². The summed E-state index contributed by atoms with van der Waals surface area (Å²) in [5, 5.41) is 0. The van der Waals surface area contributed by atoms with Gasteiger partial charge in [0.1, 0.15) is 0 Å². The molecule has 0 atom stereocenters. The molecule has 0 bridgehead atoms. The predicted molar refractivity (Wildman–Crippen MR) is 54.1 cm³/mol. The lowest BCUT2D eigenvalue weighted by atomic mass is 10.4.